The molecule has 1 saturated heterocycles. The lowest BCUT2D eigenvalue weighted by Gasteiger charge is -2.35. The Morgan fingerprint density at radius 1 is 1.00 bits per heavy atom. The molecule has 1 N–H and O–H groups in total. The predicted octanol–water partition coefficient (Wildman–Crippen LogP) is 3.35. The number of piperazine rings is 1. The molecule has 1 aromatic heterocycles. The fourth-order valence-electron chi connectivity index (χ4n) is 3.67. The molecule has 1 aliphatic heterocycles. The van der Waals surface area contributed by atoms with Gasteiger partial charge in [-0.1, -0.05) is 18.2 Å². The lowest BCUT2D eigenvalue weighted by Crippen LogP contribution is -2.46. The minimum absolute atomic E-state index is 0.00542. The molecular weight excluding hydrogens is 431 g/mol. The molecule has 1 fully saturated rings. The van der Waals surface area contributed by atoms with Gasteiger partial charge in [-0.05, 0) is 42.5 Å². The first-order valence-corrected chi connectivity index (χ1v) is 11.8. The van der Waals surface area contributed by atoms with E-state index in [9.17, 15) is 12.8 Å². The van der Waals surface area contributed by atoms with Crippen LogP contribution < -0.4 is 14.4 Å². The van der Waals surface area contributed by atoms with Crippen LogP contribution in [-0.2, 0) is 16.6 Å². The van der Waals surface area contributed by atoms with E-state index in [1.165, 1.54) is 23.9 Å². The molecule has 0 amide bonds. The van der Waals surface area contributed by atoms with Gasteiger partial charge in [0.2, 0.25) is 0 Å². The number of para-hydroxylation sites is 1. The summed E-state index contributed by atoms with van der Waals surface area (Å²) in [6.45, 7) is 4.25. The summed E-state index contributed by atoms with van der Waals surface area (Å²) in [5, 5.41) is 0. The number of nitrogens with zero attached hydrogens (tertiary/aromatic N) is 3. The summed E-state index contributed by atoms with van der Waals surface area (Å²) in [7, 11) is -2.11. The molecule has 0 spiro atoms. The molecule has 0 bridgehead atoms. The summed E-state index contributed by atoms with van der Waals surface area (Å²) >= 11 is 0. The van der Waals surface area contributed by atoms with E-state index in [0.717, 1.165) is 56.4 Å². The zero-order chi connectivity index (χ0) is 22.6. The highest BCUT2D eigenvalue weighted by molar-refractivity contribution is 7.92. The maximum atomic E-state index is 13.1. The van der Waals surface area contributed by atoms with Crippen LogP contribution in [-0.4, -0.2) is 51.6 Å². The number of pyridine rings is 1. The minimum atomic E-state index is -3.80. The Balaban J connectivity index is 1.34. The van der Waals surface area contributed by atoms with Crippen molar-refractivity contribution in [3.8, 4) is 5.75 Å². The molecule has 0 aliphatic carbocycles. The van der Waals surface area contributed by atoms with E-state index in [1.54, 1.807) is 19.2 Å². The summed E-state index contributed by atoms with van der Waals surface area (Å²) in [5.74, 6) is 1.21. The highest BCUT2D eigenvalue weighted by Gasteiger charge is 2.20. The highest BCUT2D eigenvalue weighted by Crippen LogP contribution is 2.22. The second-order valence-corrected chi connectivity index (χ2v) is 9.22. The van der Waals surface area contributed by atoms with Gasteiger partial charge in [-0.2, -0.15) is 0 Å². The Morgan fingerprint density at radius 3 is 2.38 bits per heavy atom. The molecule has 1 aliphatic rings. The van der Waals surface area contributed by atoms with Gasteiger partial charge in [-0.25, -0.2) is 17.8 Å². The quantitative estimate of drug-likeness (QED) is 0.588. The first kappa shape index (κ1) is 22.0. The Bertz CT molecular complexity index is 1150. The third-order valence-electron chi connectivity index (χ3n) is 5.41. The number of hydrogen-bond donors (Lipinski definition) is 1. The Morgan fingerprint density at radius 2 is 1.72 bits per heavy atom. The molecule has 0 unspecified atom stereocenters. The normalized spacial score (nSPS) is 14.9. The molecular formula is C23H25FN4O3S. The SMILES string of the molecule is COc1ccccc1CN1CCN(c2ccc(NS(=O)(=O)c3ccc(F)cc3)cn2)CC1. The van der Waals surface area contributed by atoms with Crippen LogP contribution in [0.3, 0.4) is 0 Å². The van der Waals surface area contributed by atoms with Gasteiger partial charge in [-0.3, -0.25) is 9.62 Å². The van der Waals surface area contributed by atoms with Crippen molar-refractivity contribution in [2.45, 2.75) is 11.4 Å². The largest absolute Gasteiger partial charge is 0.496 e. The fraction of sp³-hybridized carbons (Fsp3) is 0.261. The topological polar surface area (TPSA) is 74.8 Å². The minimum Gasteiger partial charge on any atom is -0.496 e. The molecule has 4 rings (SSSR count). The molecule has 2 aromatic carbocycles. The average molecular weight is 457 g/mol. The van der Waals surface area contributed by atoms with Crippen LogP contribution in [0, 0.1) is 5.82 Å². The zero-order valence-electron chi connectivity index (χ0n) is 17.7. The monoisotopic (exact) mass is 456 g/mol. The van der Waals surface area contributed by atoms with Crippen LogP contribution in [0.2, 0.25) is 0 Å². The van der Waals surface area contributed by atoms with Crippen LogP contribution in [0.5, 0.6) is 5.75 Å². The number of ether oxygens (including phenoxy) is 1. The zero-order valence-corrected chi connectivity index (χ0v) is 18.6. The molecule has 0 saturated carbocycles. The number of benzene rings is 2. The van der Waals surface area contributed by atoms with Gasteiger partial charge >= 0.3 is 0 Å². The second kappa shape index (κ2) is 9.54. The van der Waals surface area contributed by atoms with Crippen LogP contribution in [0.1, 0.15) is 5.56 Å². The molecule has 0 atom stereocenters. The first-order valence-electron chi connectivity index (χ1n) is 10.3. The molecule has 9 heteroatoms. The standard InChI is InChI=1S/C23H25FN4O3S/c1-31-22-5-3-2-4-18(22)17-27-12-14-28(15-13-27)23-11-8-20(16-25-23)26-32(29,30)21-9-6-19(24)7-10-21/h2-11,16,26H,12-15,17H2,1H3. The first-order chi connectivity index (χ1) is 15.4. The van der Waals surface area contributed by atoms with Crippen molar-refractivity contribution < 1.29 is 17.5 Å². The van der Waals surface area contributed by atoms with Crippen molar-refractivity contribution in [2.75, 3.05) is 42.9 Å². The third-order valence-corrected chi connectivity index (χ3v) is 6.80. The van der Waals surface area contributed by atoms with Gasteiger partial charge in [0.25, 0.3) is 10.0 Å². The maximum Gasteiger partial charge on any atom is 0.261 e. The maximum absolute atomic E-state index is 13.1. The summed E-state index contributed by atoms with van der Waals surface area (Å²) in [4.78, 5) is 8.98. The number of hydrogen-bond acceptors (Lipinski definition) is 6. The van der Waals surface area contributed by atoms with Gasteiger partial charge in [0.05, 0.1) is 23.9 Å². The number of rotatable bonds is 7. The van der Waals surface area contributed by atoms with Gasteiger partial charge in [-0.15, -0.1) is 0 Å². The van der Waals surface area contributed by atoms with Gasteiger partial charge < -0.3 is 9.64 Å². The number of halogens is 1. The van der Waals surface area contributed by atoms with Crippen LogP contribution in [0.4, 0.5) is 15.9 Å². The highest BCUT2D eigenvalue weighted by atomic mass is 32.2. The summed E-state index contributed by atoms with van der Waals surface area (Å²) in [6.07, 6.45) is 1.50. The summed E-state index contributed by atoms with van der Waals surface area (Å²) in [5.41, 5.74) is 1.52. The van der Waals surface area contributed by atoms with E-state index in [2.05, 4.69) is 25.6 Å². The molecule has 2 heterocycles. The Hall–Kier alpha value is -3.17. The predicted molar refractivity (Wildman–Crippen MR) is 122 cm³/mol. The third kappa shape index (κ3) is 5.17. The van der Waals surface area contributed by atoms with Gasteiger partial charge in [0.1, 0.15) is 17.4 Å². The lowest BCUT2D eigenvalue weighted by molar-refractivity contribution is 0.245. The van der Waals surface area contributed by atoms with Crippen molar-refractivity contribution in [2.24, 2.45) is 0 Å². The van der Waals surface area contributed by atoms with Crippen LogP contribution in [0.15, 0.2) is 71.8 Å². The van der Waals surface area contributed by atoms with Crippen molar-refractivity contribution >= 4 is 21.5 Å². The lowest BCUT2D eigenvalue weighted by atomic mass is 10.1. The smallest absolute Gasteiger partial charge is 0.261 e. The van der Waals surface area contributed by atoms with Crippen molar-refractivity contribution in [3.05, 3.63) is 78.2 Å². The summed E-state index contributed by atoms with van der Waals surface area (Å²) in [6, 6.07) is 16.2. The fourth-order valence-corrected chi connectivity index (χ4v) is 4.71. The van der Waals surface area contributed by atoms with Crippen LogP contribution in [0.25, 0.3) is 0 Å². The van der Waals surface area contributed by atoms with Gasteiger partial charge in [0.15, 0.2) is 0 Å². The number of nitrogens with one attached hydrogen (secondary N) is 1. The van der Waals surface area contributed by atoms with E-state index in [0.29, 0.717) is 5.69 Å². The van der Waals surface area contributed by atoms with Crippen molar-refractivity contribution in [3.63, 3.8) is 0 Å². The molecule has 7 nitrogen and oxygen atoms in total. The number of methoxy groups -OCH3 is 1. The second-order valence-electron chi connectivity index (χ2n) is 7.54. The van der Waals surface area contributed by atoms with Crippen LogP contribution >= 0.6 is 0 Å². The van der Waals surface area contributed by atoms with E-state index in [-0.39, 0.29) is 4.90 Å². The summed E-state index contributed by atoms with van der Waals surface area (Å²) < 4.78 is 45.9. The molecule has 0 radical (unpaired) electrons. The van der Waals surface area contributed by atoms with Gasteiger partial charge in [0, 0.05) is 38.3 Å². The Labute approximate surface area is 187 Å². The number of anilines is 2. The van der Waals surface area contributed by atoms with E-state index < -0.39 is 15.8 Å². The number of aromatic nitrogens is 1. The van der Waals surface area contributed by atoms with Crippen molar-refractivity contribution in [1.29, 1.82) is 0 Å². The Kier molecular flexibility index (Phi) is 6.57. The molecule has 168 valence electrons. The number of sulfonamides is 1. The van der Waals surface area contributed by atoms with E-state index >= 15 is 0 Å². The van der Waals surface area contributed by atoms with Crippen molar-refractivity contribution in [1.82, 2.24) is 9.88 Å². The van der Waals surface area contributed by atoms with E-state index in [1.807, 2.05) is 18.2 Å². The molecule has 3 aromatic rings. The average Bonchev–Trinajstić information content (AvgIpc) is 2.80. The molecule has 32 heavy (non-hydrogen) atoms. The van der Waals surface area contributed by atoms with E-state index in [4.69, 9.17) is 4.74 Å².